The second kappa shape index (κ2) is 12.6. The second-order valence-electron chi connectivity index (χ2n) is 12.2. The summed E-state index contributed by atoms with van der Waals surface area (Å²) in [5.41, 5.74) is 5.25. The largest absolute Gasteiger partial charge is 2.00 e. The van der Waals surface area contributed by atoms with Gasteiger partial charge in [0, 0.05) is 35.1 Å². The molecule has 6 aromatic rings. The Morgan fingerprint density at radius 1 is 0.956 bits per heavy atom. The van der Waals surface area contributed by atoms with Crippen LogP contribution < -0.4 is 4.74 Å². The van der Waals surface area contributed by atoms with Crippen molar-refractivity contribution in [2.75, 3.05) is 0 Å². The van der Waals surface area contributed by atoms with Crippen molar-refractivity contribution in [3.8, 4) is 34.8 Å². The Bertz CT molecular complexity index is 2130. The number of hydrogen-bond acceptors (Lipinski definition) is 5. The van der Waals surface area contributed by atoms with Crippen molar-refractivity contribution >= 4 is 27.5 Å². The fourth-order valence-corrected chi connectivity index (χ4v) is 5.24. The Morgan fingerprint density at radius 2 is 1.76 bits per heavy atom. The molecule has 0 saturated carbocycles. The third-order valence-corrected chi connectivity index (χ3v) is 7.37. The molecule has 0 fully saturated rings. The topological polar surface area (TPSA) is 81.0 Å². The third-order valence-electron chi connectivity index (χ3n) is 7.37. The molecule has 0 atom stereocenters. The van der Waals surface area contributed by atoms with E-state index in [9.17, 15) is 5.26 Å². The maximum atomic E-state index is 9.60. The fourth-order valence-electron chi connectivity index (χ4n) is 5.24. The number of rotatable bonds is 6. The van der Waals surface area contributed by atoms with Gasteiger partial charge in [-0.3, -0.25) is 14.8 Å². The molecular formula is C37H30N6OPt. The number of fused-ring (bicyclic) bond motifs is 3. The zero-order valence-electron chi connectivity index (χ0n) is 25.6. The number of benzene rings is 3. The molecule has 0 unspecified atom stereocenters. The average molecular weight is 770 g/mol. The van der Waals surface area contributed by atoms with Crippen molar-refractivity contribution in [3.63, 3.8) is 0 Å². The van der Waals surface area contributed by atoms with E-state index < -0.39 is 0 Å². The normalized spacial score (nSPS) is 11.3. The van der Waals surface area contributed by atoms with Crippen molar-refractivity contribution in [2.24, 2.45) is 5.92 Å². The molecule has 0 aliphatic heterocycles. The van der Waals surface area contributed by atoms with Crippen molar-refractivity contribution in [2.45, 2.75) is 46.5 Å². The van der Waals surface area contributed by atoms with E-state index in [0.717, 1.165) is 45.3 Å². The van der Waals surface area contributed by atoms with Crippen LogP contribution >= 0.6 is 0 Å². The first kappa shape index (κ1) is 31.6. The Balaban J connectivity index is 0.00000400. The summed E-state index contributed by atoms with van der Waals surface area (Å²) in [5.74, 6) is 2.51. The van der Waals surface area contributed by atoms with Crippen molar-refractivity contribution in [1.29, 1.82) is 5.26 Å². The number of nitriles is 1. The van der Waals surface area contributed by atoms with Gasteiger partial charge in [-0.05, 0) is 65.1 Å². The summed E-state index contributed by atoms with van der Waals surface area (Å²) in [5, 5.41) is 11.4. The number of aromatic nitrogens is 4. The van der Waals surface area contributed by atoms with Gasteiger partial charge in [-0.2, -0.15) is 11.3 Å². The minimum atomic E-state index is -0.0676. The fraction of sp³-hybridized carbons (Fsp3) is 0.216. The summed E-state index contributed by atoms with van der Waals surface area (Å²) in [7, 11) is 0. The molecule has 0 spiro atoms. The molecule has 0 N–H and O–H groups in total. The van der Waals surface area contributed by atoms with Crippen LogP contribution in [0.4, 0.5) is 5.69 Å². The Kier molecular flexibility index (Phi) is 8.87. The van der Waals surface area contributed by atoms with E-state index in [4.69, 9.17) is 21.3 Å². The van der Waals surface area contributed by atoms with Crippen LogP contribution in [0.3, 0.4) is 0 Å². The van der Waals surface area contributed by atoms with E-state index in [1.54, 1.807) is 18.3 Å². The summed E-state index contributed by atoms with van der Waals surface area (Å²) >= 11 is 0. The summed E-state index contributed by atoms with van der Waals surface area (Å²) < 4.78 is 8.35. The van der Waals surface area contributed by atoms with Crippen LogP contribution in [0.25, 0.3) is 43.9 Å². The van der Waals surface area contributed by atoms with Crippen LogP contribution in [0, 0.1) is 36.0 Å². The first-order chi connectivity index (χ1) is 21.1. The zero-order valence-corrected chi connectivity index (χ0v) is 27.9. The van der Waals surface area contributed by atoms with Crippen LogP contribution in [-0.4, -0.2) is 19.5 Å². The van der Waals surface area contributed by atoms with Crippen LogP contribution in [0.15, 0.2) is 73.1 Å². The summed E-state index contributed by atoms with van der Waals surface area (Å²) in [6.45, 7) is 18.5. The standard InChI is InChI=1S/C37H30N6O.Pt/c1-23(2)15-27-12-14-41-36(42-27)25-17-28(39-6)20-30(18-25)44-29-8-9-31-32-16-24(22-38)7-10-33(32)43(34(31)21-29)35-19-26(11-13-40-35)37(3,4)5;/h7-14,16-17,19-20,23H,15H2,1-5H3;/q-2;+2. The average Bonchev–Trinajstić information content (AvgIpc) is 3.33. The Morgan fingerprint density at radius 3 is 2.49 bits per heavy atom. The molecule has 0 amide bonds. The quantitative estimate of drug-likeness (QED) is 0.158. The monoisotopic (exact) mass is 769 g/mol. The van der Waals surface area contributed by atoms with E-state index in [0.29, 0.717) is 40.1 Å². The molecule has 0 aliphatic carbocycles. The number of hydrogen-bond donors (Lipinski definition) is 0. The van der Waals surface area contributed by atoms with E-state index >= 15 is 0 Å². The summed E-state index contributed by atoms with van der Waals surface area (Å²) in [6, 6.07) is 27.8. The molecule has 0 radical (unpaired) electrons. The molecule has 3 aromatic heterocycles. The smallest absolute Gasteiger partial charge is 0.504 e. The predicted octanol–water partition coefficient (Wildman–Crippen LogP) is 8.94. The van der Waals surface area contributed by atoms with Crippen molar-refractivity contribution in [3.05, 3.63) is 113 Å². The molecule has 0 bridgehead atoms. The van der Waals surface area contributed by atoms with Crippen LogP contribution in [0.1, 0.15) is 51.4 Å². The molecule has 6 rings (SSSR count). The van der Waals surface area contributed by atoms with E-state index in [2.05, 4.69) is 68.7 Å². The van der Waals surface area contributed by atoms with Crippen LogP contribution in [0.2, 0.25) is 0 Å². The minimum absolute atomic E-state index is 0. The number of ether oxygens (including phenoxy) is 1. The van der Waals surface area contributed by atoms with E-state index in [1.165, 1.54) is 0 Å². The Hall–Kier alpha value is -4.84. The van der Waals surface area contributed by atoms with E-state index in [1.807, 2.05) is 53.2 Å². The first-order valence-electron chi connectivity index (χ1n) is 14.5. The maximum absolute atomic E-state index is 9.60. The van der Waals surface area contributed by atoms with Gasteiger partial charge in [0.2, 0.25) is 0 Å². The van der Waals surface area contributed by atoms with Gasteiger partial charge in [-0.1, -0.05) is 52.3 Å². The van der Waals surface area contributed by atoms with Gasteiger partial charge < -0.3 is 9.30 Å². The van der Waals surface area contributed by atoms with Gasteiger partial charge in [0.25, 0.3) is 0 Å². The van der Waals surface area contributed by atoms with Gasteiger partial charge in [0.05, 0.1) is 24.0 Å². The molecule has 0 saturated heterocycles. The van der Waals surface area contributed by atoms with Crippen molar-refractivity contribution < 1.29 is 25.8 Å². The summed E-state index contributed by atoms with van der Waals surface area (Å²) in [4.78, 5) is 17.5. The van der Waals surface area contributed by atoms with Gasteiger partial charge in [-0.15, -0.1) is 29.1 Å². The SMILES string of the molecule is [C-]#[N+]c1cc(Oc2[c-]c3c(cc2)c2cc(C#N)ccc2n3-c2cc(C(C)(C)C)ccn2)[c-]c(-c2nccc(CC(C)C)n2)c1.[Pt+2]. The molecule has 224 valence electrons. The van der Waals surface area contributed by atoms with Gasteiger partial charge in [-0.25, -0.2) is 4.98 Å². The number of nitrogens with zero attached hydrogens (tertiary/aromatic N) is 6. The molecule has 45 heavy (non-hydrogen) atoms. The molecular weight excluding hydrogens is 740 g/mol. The minimum Gasteiger partial charge on any atom is -0.504 e. The van der Waals surface area contributed by atoms with E-state index in [-0.39, 0.29) is 26.5 Å². The van der Waals surface area contributed by atoms with Gasteiger partial charge >= 0.3 is 21.1 Å². The van der Waals surface area contributed by atoms with Crippen LogP contribution in [-0.2, 0) is 32.9 Å². The third kappa shape index (κ3) is 6.51. The summed E-state index contributed by atoms with van der Waals surface area (Å²) in [6.07, 6.45) is 4.38. The van der Waals surface area contributed by atoms with Crippen molar-refractivity contribution in [1.82, 2.24) is 19.5 Å². The van der Waals surface area contributed by atoms with Gasteiger partial charge in [0.15, 0.2) is 0 Å². The number of pyridine rings is 1. The molecule has 3 aromatic carbocycles. The zero-order chi connectivity index (χ0) is 31.0. The molecule has 0 aliphatic rings. The first-order valence-corrected chi connectivity index (χ1v) is 14.5. The molecule has 3 heterocycles. The predicted molar refractivity (Wildman–Crippen MR) is 172 cm³/mol. The maximum Gasteiger partial charge on any atom is 2.00 e. The van der Waals surface area contributed by atoms with Gasteiger partial charge in [0.1, 0.15) is 11.5 Å². The Labute approximate surface area is 277 Å². The molecule has 7 nitrogen and oxygen atoms in total. The van der Waals surface area contributed by atoms with Crippen LogP contribution in [0.5, 0.6) is 11.5 Å². The second-order valence-corrected chi connectivity index (χ2v) is 12.2. The molecule has 8 heteroatoms.